The van der Waals surface area contributed by atoms with Gasteiger partial charge in [-0.3, -0.25) is 0 Å². The summed E-state index contributed by atoms with van der Waals surface area (Å²) < 4.78 is 10.5. The topological polar surface area (TPSA) is 18.0 Å². The highest BCUT2D eigenvalue weighted by Crippen LogP contribution is 2.29. The fourth-order valence-corrected chi connectivity index (χ4v) is 4.62. The Kier molecular flexibility index (Phi) is 5.33. The van der Waals surface area contributed by atoms with E-state index in [-0.39, 0.29) is 0 Å². The van der Waals surface area contributed by atoms with Gasteiger partial charge >= 0.3 is 0 Å². The zero-order chi connectivity index (χ0) is 21.2. The molecule has 2 heterocycles. The number of imidazole rings is 1. The SMILES string of the molecule is COc1ccccc1-[n+]1cc(-c2ccc(-c3ccc(C)cc3)cc2)n2c1CCCCC2. The van der Waals surface area contributed by atoms with Crippen LogP contribution in [-0.4, -0.2) is 11.7 Å². The molecule has 1 aliphatic heterocycles. The lowest BCUT2D eigenvalue weighted by molar-refractivity contribution is -0.604. The van der Waals surface area contributed by atoms with Gasteiger partial charge in [-0.2, -0.15) is 4.57 Å². The summed E-state index contributed by atoms with van der Waals surface area (Å²) in [6.45, 7) is 3.19. The summed E-state index contributed by atoms with van der Waals surface area (Å²) in [4.78, 5) is 0. The van der Waals surface area contributed by atoms with Crippen molar-refractivity contribution in [3.63, 3.8) is 0 Å². The average molecular weight is 410 g/mol. The number of para-hydroxylation sites is 2. The fourth-order valence-electron chi connectivity index (χ4n) is 4.62. The quantitative estimate of drug-likeness (QED) is 0.370. The standard InChI is InChI=1S/C28H29N2O/c1-21-11-13-22(14-12-21)23-15-17-24(18-16-23)26-20-30(25-8-5-6-9-27(25)31-2)28-10-4-3-7-19-29(26)28/h5-6,8-9,11-18,20H,3-4,7,10,19H2,1-2H3/q+1. The van der Waals surface area contributed by atoms with E-state index in [1.807, 2.05) is 12.1 Å². The molecule has 0 N–H and O–H groups in total. The van der Waals surface area contributed by atoms with Gasteiger partial charge in [0.05, 0.1) is 13.7 Å². The molecule has 0 fully saturated rings. The predicted molar refractivity (Wildman–Crippen MR) is 126 cm³/mol. The molecule has 156 valence electrons. The molecular formula is C28H29N2O+. The third-order valence-corrected chi connectivity index (χ3v) is 6.32. The third kappa shape index (κ3) is 3.76. The van der Waals surface area contributed by atoms with Crippen LogP contribution in [0.4, 0.5) is 0 Å². The van der Waals surface area contributed by atoms with Crippen LogP contribution in [0.2, 0.25) is 0 Å². The molecule has 0 aliphatic carbocycles. The molecule has 0 amide bonds. The van der Waals surface area contributed by atoms with Crippen molar-refractivity contribution in [2.24, 2.45) is 0 Å². The highest BCUT2D eigenvalue weighted by molar-refractivity contribution is 5.69. The van der Waals surface area contributed by atoms with Gasteiger partial charge in [0.15, 0.2) is 17.1 Å². The molecule has 5 rings (SSSR count). The molecule has 0 bridgehead atoms. The number of methoxy groups -OCH3 is 1. The molecule has 0 spiro atoms. The van der Waals surface area contributed by atoms with Crippen LogP contribution in [0.5, 0.6) is 5.75 Å². The van der Waals surface area contributed by atoms with E-state index in [0.717, 1.165) is 24.4 Å². The van der Waals surface area contributed by atoms with Crippen LogP contribution in [0.25, 0.3) is 28.1 Å². The van der Waals surface area contributed by atoms with E-state index in [9.17, 15) is 0 Å². The van der Waals surface area contributed by atoms with Crippen LogP contribution >= 0.6 is 0 Å². The Hall–Kier alpha value is -3.33. The summed E-state index contributed by atoms with van der Waals surface area (Å²) in [7, 11) is 1.75. The van der Waals surface area contributed by atoms with Crippen LogP contribution in [0.15, 0.2) is 79.0 Å². The molecule has 3 nitrogen and oxygen atoms in total. The minimum atomic E-state index is 0.909. The number of aromatic nitrogens is 2. The maximum Gasteiger partial charge on any atom is 0.262 e. The van der Waals surface area contributed by atoms with Gasteiger partial charge in [-0.15, -0.1) is 0 Å². The van der Waals surface area contributed by atoms with Gasteiger partial charge in [-0.25, -0.2) is 4.57 Å². The minimum absolute atomic E-state index is 0.909. The summed E-state index contributed by atoms with van der Waals surface area (Å²) in [5.74, 6) is 2.27. The fraction of sp³-hybridized carbons (Fsp3) is 0.250. The first kappa shape index (κ1) is 19.6. The molecule has 0 atom stereocenters. The van der Waals surface area contributed by atoms with E-state index in [2.05, 4.69) is 82.9 Å². The van der Waals surface area contributed by atoms with Crippen LogP contribution < -0.4 is 9.30 Å². The molecule has 3 aromatic carbocycles. The first-order valence-electron chi connectivity index (χ1n) is 11.2. The normalized spacial score (nSPS) is 13.5. The Labute approximate surface area is 184 Å². The number of aryl methyl sites for hydroxylation is 1. The highest BCUT2D eigenvalue weighted by atomic mass is 16.5. The monoisotopic (exact) mass is 409 g/mol. The van der Waals surface area contributed by atoms with E-state index in [0.29, 0.717) is 0 Å². The van der Waals surface area contributed by atoms with Crippen LogP contribution in [0, 0.1) is 6.92 Å². The van der Waals surface area contributed by atoms with Gasteiger partial charge in [-0.05, 0) is 61.6 Å². The van der Waals surface area contributed by atoms with Gasteiger partial charge in [0.2, 0.25) is 0 Å². The summed E-state index contributed by atoms with van der Waals surface area (Å²) in [5, 5.41) is 0. The molecule has 1 aliphatic rings. The Balaban J connectivity index is 1.59. The van der Waals surface area contributed by atoms with Crippen LogP contribution in [0.1, 0.15) is 30.7 Å². The van der Waals surface area contributed by atoms with Gasteiger partial charge in [-0.1, -0.05) is 54.1 Å². The number of nitrogens with zero attached hydrogens (tertiary/aromatic N) is 2. The van der Waals surface area contributed by atoms with E-state index >= 15 is 0 Å². The minimum Gasteiger partial charge on any atom is -0.492 e. The smallest absolute Gasteiger partial charge is 0.262 e. The van der Waals surface area contributed by atoms with Crippen molar-refractivity contribution in [1.29, 1.82) is 0 Å². The lowest BCUT2D eigenvalue weighted by atomic mass is 10.0. The number of hydrogen-bond acceptors (Lipinski definition) is 1. The van der Waals surface area contributed by atoms with Crippen molar-refractivity contribution >= 4 is 0 Å². The second-order valence-corrected chi connectivity index (χ2v) is 8.38. The number of fused-ring (bicyclic) bond motifs is 1. The van der Waals surface area contributed by atoms with Crippen molar-refractivity contribution in [2.75, 3.05) is 7.11 Å². The Morgan fingerprint density at radius 3 is 2.19 bits per heavy atom. The van der Waals surface area contributed by atoms with E-state index in [1.54, 1.807) is 7.11 Å². The zero-order valence-corrected chi connectivity index (χ0v) is 18.3. The second-order valence-electron chi connectivity index (χ2n) is 8.38. The Morgan fingerprint density at radius 1 is 0.774 bits per heavy atom. The van der Waals surface area contributed by atoms with Crippen LogP contribution in [0.3, 0.4) is 0 Å². The van der Waals surface area contributed by atoms with Crippen molar-refractivity contribution in [1.82, 2.24) is 4.57 Å². The average Bonchev–Trinajstić information content (AvgIpc) is 3.00. The predicted octanol–water partition coefficient (Wildman–Crippen LogP) is 6.14. The van der Waals surface area contributed by atoms with Gasteiger partial charge < -0.3 is 4.74 Å². The Bertz CT molecular complexity index is 1190. The first-order chi connectivity index (χ1) is 15.2. The number of hydrogen-bond donors (Lipinski definition) is 0. The zero-order valence-electron chi connectivity index (χ0n) is 18.3. The molecular weight excluding hydrogens is 380 g/mol. The molecule has 0 saturated carbocycles. The lowest BCUT2D eigenvalue weighted by Gasteiger charge is -2.06. The maximum absolute atomic E-state index is 5.68. The first-order valence-corrected chi connectivity index (χ1v) is 11.2. The molecule has 0 radical (unpaired) electrons. The molecule has 3 heteroatoms. The molecule has 1 aromatic heterocycles. The second kappa shape index (κ2) is 8.43. The summed E-state index contributed by atoms with van der Waals surface area (Å²) in [6, 6.07) is 26.0. The largest absolute Gasteiger partial charge is 0.492 e. The Morgan fingerprint density at radius 2 is 1.45 bits per heavy atom. The summed E-state index contributed by atoms with van der Waals surface area (Å²) in [5.41, 5.74) is 7.44. The van der Waals surface area contributed by atoms with Crippen LogP contribution in [-0.2, 0) is 13.0 Å². The molecule has 0 saturated heterocycles. The summed E-state index contributed by atoms with van der Waals surface area (Å²) in [6.07, 6.45) is 7.10. The molecule has 0 unspecified atom stereocenters. The van der Waals surface area contributed by atoms with E-state index in [4.69, 9.17) is 4.74 Å². The van der Waals surface area contributed by atoms with Crippen molar-refractivity contribution in [2.45, 2.75) is 39.2 Å². The number of ether oxygens (including phenoxy) is 1. The van der Waals surface area contributed by atoms with Crippen molar-refractivity contribution in [3.8, 4) is 33.8 Å². The number of rotatable bonds is 4. The van der Waals surface area contributed by atoms with Gasteiger partial charge in [0.25, 0.3) is 5.82 Å². The van der Waals surface area contributed by atoms with Crippen molar-refractivity contribution < 1.29 is 9.30 Å². The number of benzene rings is 3. The van der Waals surface area contributed by atoms with E-state index in [1.165, 1.54) is 53.0 Å². The third-order valence-electron chi connectivity index (χ3n) is 6.32. The highest BCUT2D eigenvalue weighted by Gasteiger charge is 2.28. The molecule has 4 aromatic rings. The van der Waals surface area contributed by atoms with Gasteiger partial charge in [0.1, 0.15) is 6.20 Å². The molecule has 31 heavy (non-hydrogen) atoms. The summed E-state index contributed by atoms with van der Waals surface area (Å²) >= 11 is 0. The lowest BCUT2D eigenvalue weighted by Crippen LogP contribution is -2.34. The maximum atomic E-state index is 5.68. The van der Waals surface area contributed by atoms with Gasteiger partial charge in [0, 0.05) is 12.0 Å². The van der Waals surface area contributed by atoms with E-state index < -0.39 is 0 Å². The van der Waals surface area contributed by atoms with Crippen molar-refractivity contribution in [3.05, 3.63) is 90.4 Å².